The molecule has 2 atom stereocenters. The first-order valence-electron chi connectivity index (χ1n) is 10.9. The molecule has 1 aromatic heterocycles. The Hall–Kier alpha value is -2.16. The third-order valence-corrected chi connectivity index (χ3v) is 6.15. The van der Waals surface area contributed by atoms with Crippen molar-refractivity contribution in [3.05, 3.63) is 59.2 Å². The molecule has 1 aliphatic carbocycles. The maximum Gasteiger partial charge on any atom is 0.219 e. The lowest BCUT2D eigenvalue weighted by Gasteiger charge is -2.32. The second kappa shape index (κ2) is 9.97. The molecule has 1 saturated heterocycles. The molecule has 0 amide bonds. The molecule has 4 rings (SSSR count). The van der Waals surface area contributed by atoms with Crippen molar-refractivity contribution in [3.63, 3.8) is 0 Å². The van der Waals surface area contributed by atoms with Crippen LogP contribution in [0.3, 0.4) is 0 Å². The number of pyridine rings is 1. The van der Waals surface area contributed by atoms with Gasteiger partial charge in [0.25, 0.3) is 0 Å². The van der Waals surface area contributed by atoms with E-state index < -0.39 is 17.6 Å². The molecule has 2 heterocycles. The molecule has 2 aliphatic rings. The second-order valence-corrected chi connectivity index (χ2v) is 8.38. The summed E-state index contributed by atoms with van der Waals surface area (Å²) in [6.45, 7) is 3.98. The van der Waals surface area contributed by atoms with Gasteiger partial charge in [0.05, 0.1) is 0 Å². The molecular formula is C23H29F3N4O. The van der Waals surface area contributed by atoms with E-state index >= 15 is 0 Å². The highest BCUT2D eigenvalue weighted by Gasteiger charge is 2.42. The average Bonchev–Trinajstić information content (AvgIpc) is 3.52. The van der Waals surface area contributed by atoms with Crippen molar-refractivity contribution in [3.8, 4) is 5.75 Å². The number of nitrogens with zero attached hydrogens (tertiary/aromatic N) is 2. The lowest BCUT2D eigenvalue weighted by molar-refractivity contribution is 0.198. The van der Waals surface area contributed by atoms with Gasteiger partial charge in [-0.2, -0.15) is 4.39 Å². The normalized spacial score (nSPS) is 21.9. The lowest BCUT2D eigenvalue weighted by atomic mass is 10.0. The molecule has 0 bridgehead atoms. The first-order chi connectivity index (χ1) is 15.0. The maximum atomic E-state index is 14.5. The zero-order valence-corrected chi connectivity index (χ0v) is 17.7. The third kappa shape index (κ3) is 5.56. The van der Waals surface area contributed by atoms with Crippen molar-refractivity contribution in [1.29, 1.82) is 0 Å². The van der Waals surface area contributed by atoms with Crippen LogP contribution in [0.25, 0.3) is 0 Å². The van der Waals surface area contributed by atoms with Crippen molar-refractivity contribution >= 4 is 0 Å². The van der Waals surface area contributed by atoms with Crippen LogP contribution in [0.1, 0.15) is 36.3 Å². The van der Waals surface area contributed by atoms with Crippen molar-refractivity contribution in [2.75, 3.05) is 33.2 Å². The van der Waals surface area contributed by atoms with E-state index in [-0.39, 0.29) is 29.9 Å². The summed E-state index contributed by atoms with van der Waals surface area (Å²) >= 11 is 0. The molecule has 2 fully saturated rings. The molecule has 0 unspecified atom stereocenters. The molecule has 1 aliphatic heterocycles. The quantitative estimate of drug-likeness (QED) is 0.594. The summed E-state index contributed by atoms with van der Waals surface area (Å²) in [5, 5.41) is 6.83. The summed E-state index contributed by atoms with van der Waals surface area (Å²) in [6.07, 6.45) is 4.27. The SMILES string of the molecule is CNCCN1CCC(N[C@@H]2C[C@H]2c2cc(F)cc(F)c2OCc2cccnc2F)CC1. The fourth-order valence-electron chi connectivity index (χ4n) is 4.30. The van der Waals surface area contributed by atoms with Gasteiger partial charge in [-0.15, -0.1) is 0 Å². The predicted molar refractivity (Wildman–Crippen MR) is 113 cm³/mol. The van der Waals surface area contributed by atoms with E-state index in [1.165, 1.54) is 18.3 Å². The second-order valence-electron chi connectivity index (χ2n) is 8.38. The van der Waals surface area contributed by atoms with Crippen molar-refractivity contribution in [1.82, 2.24) is 20.5 Å². The first kappa shape index (κ1) is 22.0. The fraction of sp³-hybridized carbons (Fsp3) is 0.522. The Balaban J connectivity index is 1.37. The summed E-state index contributed by atoms with van der Waals surface area (Å²) in [6, 6.07) is 5.86. The van der Waals surface area contributed by atoms with E-state index in [0.717, 1.165) is 51.5 Å². The van der Waals surface area contributed by atoms with Gasteiger partial charge in [-0.1, -0.05) is 0 Å². The predicted octanol–water partition coefficient (Wildman–Crippen LogP) is 3.21. The number of piperidine rings is 1. The summed E-state index contributed by atoms with van der Waals surface area (Å²) in [7, 11) is 1.96. The van der Waals surface area contributed by atoms with Gasteiger partial charge >= 0.3 is 0 Å². The summed E-state index contributed by atoms with van der Waals surface area (Å²) in [5.41, 5.74) is 0.735. The molecule has 5 nitrogen and oxygen atoms in total. The van der Waals surface area contributed by atoms with Crippen LogP contribution in [0, 0.1) is 17.6 Å². The van der Waals surface area contributed by atoms with Crippen molar-refractivity contribution in [2.45, 2.75) is 43.9 Å². The van der Waals surface area contributed by atoms with E-state index in [0.29, 0.717) is 11.6 Å². The van der Waals surface area contributed by atoms with Crippen LogP contribution >= 0.6 is 0 Å². The standard InChI is InChI=1S/C23H29F3N4O/c1-27-7-10-30-8-4-17(5-9-30)29-21-13-18(21)19-11-16(24)12-20(25)22(19)31-14-15-3-2-6-28-23(15)26/h2-3,6,11-12,17-18,21,27,29H,4-5,7-10,13-14H2,1H3/t18-,21+/m0/s1. The Morgan fingerprint density at radius 2 is 2.00 bits per heavy atom. The van der Waals surface area contributed by atoms with E-state index in [2.05, 4.69) is 20.5 Å². The Labute approximate surface area is 181 Å². The van der Waals surface area contributed by atoms with E-state index in [1.807, 2.05) is 7.05 Å². The maximum absolute atomic E-state index is 14.5. The molecular weight excluding hydrogens is 405 g/mol. The van der Waals surface area contributed by atoms with Crippen molar-refractivity contribution in [2.24, 2.45) is 0 Å². The highest BCUT2D eigenvalue weighted by atomic mass is 19.1. The lowest BCUT2D eigenvalue weighted by Crippen LogP contribution is -2.45. The van der Waals surface area contributed by atoms with Gasteiger partial charge in [0.1, 0.15) is 12.4 Å². The Morgan fingerprint density at radius 3 is 2.74 bits per heavy atom. The van der Waals surface area contributed by atoms with Crippen LogP contribution in [0.15, 0.2) is 30.5 Å². The van der Waals surface area contributed by atoms with E-state index in [1.54, 1.807) is 6.07 Å². The fourth-order valence-corrected chi connectivity index (χ4v) is 4.30. The molecule has 8 heteroatoms. The minimum absolute atomic E-state index is 0.000776. The summed E-state index contributed by atoms with van der Waals surface area (Å²) < 4.78 is 47.9. The molecule has 2 aromatic rings. The molecule has 1 aromatic carbocycles. The molecule has 0 radical (unpaired) electrons. The zero-order chi connectivity index (χ0) is 21.8. The first-order valence-corrected chi connectivity index (χ1v) is 10.9. The minimum atomic E-state index is -0.761. The number of likely N-dealkylation sites (N-methyl/N-ethyl adjacent to an activating group) is 1. The highest BCUT2D eigenvalue weighted by Crippen LogP contribution is 2.46. The van der Waals surface area contributed by atoms with Crippen LogP contribution in [0.2, 0.25) is 0 Å². The van der Waals surface area contributed by atoms with Gasteiger partial charge in [-0.3, -0.25) is 0 Å². The summed E-state index contributed by atoms with van der Waals surface area (Å²) in [5.74, 6) is -2.06. The van der Waals surface area contributed by atoms with Crippen LogP contribution < -0.4 is 15.4 Å². The van der Waals surface area contributed by atoms with Gasteiger partial charge < -0.3 is 20.3 Å². The monoisotopic (exact) mass is 434 g/mol. The van der Waals surface area contributed by atoms with Crippen LogP contribution in [-0.4, -0.2) is 55.2 Å². The Bertz CT molecular complexity index is 889. The molecule has 31 heavy (non-hydrogen) atoms. The largest absolute Gasteiger partial charge is 0.485 e. The van der Waals surface area contributed by atoms with Crippen LogP contribution in [0.4, 0.5) is 13.2 Å². The van der Waals surface area contributed by atoms with Gasteiger partial charge in [-0.05, 0) is 57.6 Å². The number of nitrogens with one attached hydrogen (secondary N) is 2. The molecule has 0 spiro atoms. The molecule has 2 N–H and O–H groups in total. The van der Waals surface area contributed by atoms with Crippen molar-refractivity contribution < 1.29 is 17.9 Å². The zero-order valence-electron chi connectivity index (χ0n) is 17.7. The Kier molecular flexibility index (Phi) is 7.09. The van der Waals surface area contributed by atoms with E-state index in [9.17, 15) is 13.2 Å². The molecule has 1 saturated carbocycles. The summed E-state index contributed by atoms with van der Waals surface area (Å²) in [4.78, 5) is 6.03. The number of rotatable bonds is 9. The van der Waals surface area contributed by atoms with Gasteiger partial charge in [0.15, 0.2) is 11.6 Å². The Morgan fingerprint density at radius 1 is 1.19 bits per heavy atom. The van der Waals surface area contributed by atoms with Gasteiger partial charge in [0.2, 0.25) is 5.95 Å². The smallest absolute Gasteiger partial charge is 0.219 e. The minimum Gasteiger partial charge on any atom is -0.485 e. The van der Waals surface area contributed by atoms with Crippen LogP contribution in [-0.2, 0) is 6.61 Å². The molecule has 168 valence electrons. The highest BCUT2D eigenvalue weighted by molar-refractivity contribution is 5.42. The van der Waals surface area contributed by atoms with E-state index in [4.69, 9.17) is 4.74 Å². The van der Waals surface area contributed by atoms with Crippen LogP contribution in [0.5, 0.6) is 5.75 Å². The third-order valence-electron chi connectivity index (χ3n) is 6.15. The number of hydrogen-bond acceptors (Lipinski definition) is 5. The number of ether oxygens (including phenoxy) is 1. The topological polar surface area (TPSA) is 49.4 Å². The number of halogens is 3. The average molecular weight is 435 g/mol. The van der Waals surface area contributed by atoms with Gasteiger partial charge in [0, 0.05) is 54.5 Å². The number of hydrogen-bond donors (Lipinski definition) is 2. The number of likely N-dealkylation sites (tertiary alicyclic amines) is 1. The number of aromatic nitrogens is 1. The number of benzene rings is 1. The van der Waals surface area contributed by atoms with Gasteiger partial charge in [-0.25, -0.2) is 13.8 Å².